The molecule has 1 atom stereocenters. The summed E-state index contributed by atoms with van der Waals surface area (Å²) in [6.07, 6.45) is -0.560. The Hall–Kier alpha value is -1.18. The highest BCUT2D eigenvalue weighted by atomic mass is 32.1. The molecule has 1 rings (SSSR count). The van der Waals surface area contributed by atoms with Crippen molar-refractivity contribution in [1.82, 2.24) is 4.98 Å². The summed E-state index contributed by atoms with van der Waals surface area (Å²) >= 11 is 1.24. The number of aromatic nitrogens is 1. The minimum absolute atomic E-state index is 0.193. The van der Waals surface area contributed by atoms with E-state index in [0.717, 1.165) is 4.88 Å². The largest absolute Gasteiger partial charge is 0.444 e. The number of nitrogens with two attached hydrogens (primary N) is 1. The highest BCUT2D eigenvalue weighted by molar-refractivity contribution is 7.16. The minimum atomic E-state index is -0.865. The van der Waals surface area contributed by atoms with Gasteiger partial charge in [-0.3, -0.25) is 5.32 Å². The van der Waals surface area contributed by atoms with Crippen LogP contribution in [0.5, 0.6) is 0 Å². The Morgan fingerprint density at radius 2 is 2.05 bits per heavy atom. The molecule has 0 aliphatic carbocycles. The van der Waals surface area contributed by atoms with Gasteiger partial charge in [0.25, 0.3) is 0 Å². The molecule has 7 heteroatoms. The van der Waals surface area contributed by atoms with E-state index in [1.165, 1.54) is 11.3 Å². The van der Waals surface area contributed by atoms with Crippen LogP contribution in [-0.2, 0) is 10.3 Å². The third kappa shape index (κ3) is 4.45. The normalized spacial score (nSPS) is 14.9. The molecular formula is C12H21N3O3S. The van der Waals surface area contributed by atoms with E-state index in [1.54, 1.807) is 34.6 Å². The van der Waals surface area contributed by atoms with Crippen molar-refractivity contribution in [3.8, 4) is 0 Å². The minimum Gasteiger partial charge on any atom is -0.444 e. The van der Waals surface area contributed by atoms with Crippen LogP contribution in [0.15, 0.2) is 0 Å². The summed E-state index contributed by atoms with van der Waals surface area (Å²) in [5.74, 6) is 0. The Bertz CT molecular complexity index is 463. The number of hydrogen-bond acceptors (Lipinski definition) is 6. The number of ether oxygens (including phenoxy) is 1. The van der Waals surface area contributed by atoms with Crippen molar-refractivity contribution in [2.45, 2.75) is 45.8 Å². The molecule has 19 heavy (non-hydrogen) atoms. The summed E-state index contributed by atoms with van der Waals surface area (Å²) in [7, 11) is 0. The number of carbonyl (C=O) groups is 1. The van der Waals surface area contributed by atoms with Gasteiger partial charge in [0.15, 0.2) is 5.13 Å². The Labute approximate surface area is 117 Å². The van der Waals surface area contributed by atoms with Crippen LogP contribution in [0.3, 0.4) is 0 Å². The SMILES string of the molecule is Cc1nc(NC(=O)OC(C)(C)C)sc1C(C)(N)CO. The van der Waals surface area contributed by atoms with Crippen LogP contribution in [0, 0.1) is 6.92 Å². The average Bonchev–Trinajstić information content (AvgIpc) is 2.57. The zero-order valence-corrected chi connectivity index (χ0v) is 12.7. The molecule has 1 amide bonds. The second kappa shape index (κ2) is 5.44. The van der Waals surface area contributed by atoms with Crippen molar-refractivity contribution in [2.24, 2.45) is 5.73 Å². The number of nitrogens with one attached hydrogen (secondary N) is 1. The predicted octanol–water partition coefficient (Wildman–Crippen LogP) is 1.96. The van der Waals surface area contributed by atoms with Gasteiger partial charge < -0.3 is 15.6 Å². The highest BCUT2D eigenvalue weighted by Crippen LogP contribution is 2.30. The Balaban J connectivity index is 2.83. The van der Waals surface area contributed by atoms with Gasteiger partial charge in [-0.2, -0.15) is 0 Å². The standard InChI is InChI=1S/C12H21N3O3S/c1-7-8(12(5,13)6-16)19-9(14-7)15-10(17)18-11(2,3)4/h16H,6,13H2,1-5H3,(H,14,15,17). The molecule has 0 bridgehead atoms. The van der Waals surface area contributed by atoms with E-state index in [4.69, 9.17) is 10.5 Å². The first kappa shape index (κ1) is 15.9. The molecule has 6 nitrogen and oxygen atoms in total. The van der Waals surface area contributed by atoms with Gasteiger partial charge in [0, 0.05) is 0 Å². The number of rotatable bonds is 3. The number of aliphatic hydroxyl groups excluding tert-OH is 1. The van der Waals surface area contributed by atoms with E-state index in [1.807, 2.05) is 0 Å². The van der Waals surface area contributed by atoms with Gasteiger partial charge in [0.05, 0.1) is 22.7 Å². The molecule has 0 aliphatic rings. The molecule has 1 heterocycles. The number of nitrogens with zero attached hydrogens (tertiary/aromatic N) is 1. The maximum absolute atomic E-state index is 11.6. The summed E-state index contributed by atoms with van der Waals surface area (Å²) in [5, 5.41) is 12.2. The maximum Gasteiger partial charge on any atom is 0.413 e. The van der Waals surface area contributed by atoms with Crippen LogP contribution < -0.4 is 11.1 Å². The summed E-state index contributed by atoms with van der Waals surface area (Å²) in [6.45, 7) is 8.66. The van der Waals surface area contributed by atoms with Crippen LogP contribution in [0.4, 0.5) is 9.93 Å². The van der Waals surface area contributed by atoms with E-state index in [-0.39, 0.29) is 6.61 Å². The number of amides is 1. The molecule has 0 radical (unpaired) electrons. The molecule has 0 saturated carbocycles. The Morgan fingerprint density at radius 3 is 2.53 bits per heavy atom. The first-order chi connectivity index (χ1) is 8.55. The molecule has 0 saturated heterocycles. The van der Waals surface area contributed by atoms with E-state index >= 15 is 0 Å². The fraction of sp³-hybridized carbons (Fsp3) is 0.667. The molecule has 0 aromatic carbocycles. The Morgan fingerprint density at radius 1 is 1.47 bits per heavy atom. The predicted molar refractivity (Wildman–Crippen MR) is 75.3 cm³/mol. The second-order valence-corrected chi connectivity index (χ2v) is 6.64. The number of hydrogen-bond donors (Lipinski definition) is 3. The average molecular weight is 287 g/mol. The van der Waals surface area contributed by atoms with Crippen molar-refractivity contribution >= 4 is 22.6 Å². The number of carbonyl (C=O) groups excluding carboxylic acids is 1. The van der Waals surface area contributed by atoms with E-state index < -0.39 is 17.2 Å². The van der Waals surface area contributed by atoms with E-state index in [9.17, 15) is 9.90 Å². The number of thiazole rings is 1. The van der Waals surface area contributed by atoms with Crippen LogP contribution in [0.2, 0.25) is 0 Å². The molecule has 0 aliphatic heterocycles. The van der Waals surface area contributed by atoms with Crippen molar-refractivity contribution in [3.05, 3.63) is 10.6 Å². The van der Waals surface area contributed by atoms with Crippen LogP contribution in [0.1, 0.15) is 38.3 Å². The van der Waals surface area contributed by atoms with Crippen LogP contribution in [0.25, 0.3) is 0 Å². The lowest BCUT2D eigenvalue weighted by Crippen LogP contribution is -2.36. The molecule has 1 unspecified atom stereocenters. The molecular weight excluding hydrogens is 266 g/mol. The molecule has 1 aromatic rings. The van der Waals surface area contributed by atoms with Gasteiger partial charge in [-0.1, -0.05) is 11.3 Å². The molecule has 0 fully saturated rings. The lowest BCUT2D eigenvalue weighted by molar-refractivity contribution is 0.0636. The summed E-state index contributed by atoms with van der Waals surface area (Å²) in [5.41, 5.74) is 5.22. The van der Waals surface area contributed by atoms with Crippen LogP contribution >= 0.6 is 11.3 Å². The molecule has 108 valence electrons. The van der Waals surface area contributed by atoms with Gasteiger partial charge in [-0.15, -0.1) is 0 Å². The topological polar surface area (TPSA) is 97.5 Å². The van der Waals surface area contributed by atoms with Crippen molar-refractivity contribution in [2.75, 3.05) is 11.9 Å². The van der Waals surface area contributed by atoms with Crippen molar-refractivity contribution < 1.29 is 14.6 Å². The fourth-order valence-corrected chi connectivity index (χ4v) is 2.44. The first-order valence-corrected chi connectivity index (χ1v) is 6.74. The highest BCUT2D eigenvalue weighted by Gasteiger charge is 2.27. The second-order valence-electron chi connectivity index (χ2n) is 5.64. The van der Waals surface area contributed by atoms with Gasteiger partial charge >= 0.3 is 6.09 Å². The van der Waals surface area contributed by atoms with E-state index in [0.29, 0.717) is 10.8 Å². The van der Waals surface area contributed by atoms with Gasteiger partial charge in [-0.05, 0) is 34.6 Å². The lowest BCUT2D eigenvalue weighted by atomic mass is 10.0. The number of aliphatic hydroxyl groups is 1. The zero-order valence-electron chi connectivity index (χ0n) is 11.9. The zero-order chi connectivity index (χ0) is 14.8. The van der Waals surface area contributed by atoms with Crippen molar-refractivity contribution in [1.29, 1.82) is 0 Å². The molecule has 1 aromatic heterocycles. The van der Waals surface area contributed by atoms with Crippen molar-refractivity contribution in [3.63, 3.8) is 0 Å². The summed E-state index contributed by atoms with van der Waals surface area (Å²) in [4.78, 5) is 16.6. The maximum atomic E-state index is 11.6. The van der Waals surface area contributed by atoms with Gasteiger partial charge in [0.1, 0.15) is 5.60 Å². The molecule has 0 spiro atoms. The monoisotopic (exact) mass is 287 g/mol. The summed E-state index contributed by atoms with van der Waals surface area (Å²) < 4.78 is 5.14. The quantitative estimate of drug-likeness (QED) is 0.789. The number of anilines is 1. The van der Waals surface area contributed by atoms with Gasteiger partial charge in [-0.25, -0.2) is 9.78 Å². The Kier molecular flexibility index (Phi) is 4.54. The third-order valence-electron chi connectivity index (χ3n) is 2.25. The summed E-state index contributed by atoms with van der Waals surface area (Å²) in [6, 6.07) is 0. The fourth-order valence-electron chi connectivity index (χ4n) is 1.44. The smallest absolute Gasteiger partial charge is 0.413 e. The van der Waals surface area contributed by atoms with Gasteiger partial charge in [0.2, 0.25) is 0 Å². The molecule has 4 N–H and O–H groups in total. The third-order valence-corrected chi connectivity index (χ3v) is 3.60. The number of aryl methyl sites for hydroxylation is 1. The van der Waals surface area contributed by atoms with Crippen LogP contribution in [-0.4, -0.2) is 28.4 Å². The van der Waals surface area contributed by atoms with E-state index in [2.05, 4.69) is 10.3 Å². The lowest BCUT2D eigenvalue weighted by Gasteiger charge is -2.20. The first-order valence-electron chi connectivity index (χ1n) is 5.93.